The summed E-state index contributed by atoms with van der Waals surface area (Å²) < 4.78 is 35.3. The molecule has 1 amide bonds. The number of carbonyl (C=O) groups excluding carboxylic acids is 1. The van der Waals surface area contributed by atoms with Gasteiger partial charge in [-0.1, -0.05) is 11.3 Å². The smallest absolute Gasteiger partial charge is 0.254 e. The molecule has 8 rings (SSSR count). The van der Waals surface area contributed by atoms with Gasteiger partial charge in [0, 0.05) is 67.4 Å². The number of thiazole rings is 1. The minimum Gasteiger partial charge on any atom is -0.387 e. The molecule has 3 saturated heterocycles. The fraction of sp³-hybridized carbons (Fsp3) is 0.412. The van der Waals surface area contributed by atoms with Gasteiger partial charge in [-0.15, -0.1) is 0 Å². The molecule has 4 aliphatic rings. The highest BCUT2D eigenvalue weighted by molar-refractivity contribution is 7.16. The summed E-state index contributed by atoms with van der Waals surface area (Å²) in [6.07, 6.45) is 1.88. The predicted octanol–water partition coefficient (Wildman–Crippen LogP) is 5.47. The van der Waals surface area contributed by atoms with Crippen molar-refractivity contribution in [1.82, 2.24) is 14.9 Å². The molecule has 0 bridgehead atoms. The Hall–Kier alpha value is -4.18. The van der Waals surface area contributed by atoms with Crippen molar-refractivity contribution < 1.29 is 23.4 Å². The number of benzene rings is 2. The molecule has 236 valence electrons. The molecular weight excluding hydrogens is 610 g/mol. The number of aliphatic hydroxyl groups is 1. The van der Waals surface area contributed by atoms with Gasteiger partial charge in [0.15, 0.2) is 10.9 Å². The number of likely N-dealkylation sites (tertiary alicyclic amines) is 1. The minimum atomic E-state index is -0.803. The first-order valence-electron chi connectivity index (χ1n) is 15.5. The van der Waals surface area contributed by atoms with Crippen molar-refractivity contribution >= 4 is 44.7 Å². The van der Waals surface area contributed by atoms with E-state index in [1.54, 1.807) is 12.1 Å². The second-order valence-corrected chi connectivity index (χ2v) is 14.2. The van der Waals surface area contributed by atoms with Gasteiger partial charge in [-0.3, -0.25) is 4.79 Å². The van der Waals surface area contributed by atoms with Crippen LogP contribution in [0.1, 0.15) is 48.4 Å². The standard InChI is InChI=1S/C34H32F2N6O3S/c1-33(10-3-11-45-33)31(44)42-17-34(18-42)15-41(16-34)21-12-23-28(24(36)13-21)38-29-22(8-9-25(29)43)30(23)40(2)32-39-27(26(14-37)46-32)19-4-6-20(35)7-5-19/h4-7,12-13,25,43H,3,8-11,15-18H2,1-2H3. The number of amides is 1. The number of aliphatic hydroxyl groups excluding tert-OH is 1. The topological polar surface area (TPSA) is 106 Å². The molecule has 3 aliphatic heterocycles. The fourth-order valence-electron chi connectivity index (χ4n) is 7.62. The van der Waals surface area contributed by atoms with Crippen LogP contribution in [-0.2, 0) is 16.0 Å². The van der Waals surface area contributed by atoms with E-state index in [4.69, 9.17) is 9.72 Å². The molecule has 2 atom stereocenters. The number of nitrogens with zero attached hydrogens (tertiary/aromatic N) is 6. The predicted molar refractivity (Wildman–Crippen MR) is 170 cm³/mol. The first-order valence-corrected chi connectivity index (χ1v) is 16.3. The van der Waals surface area contributed by atoms with E-state index < -0.39 is 17.5 Å². The summed E-state index contributed by atoms with van der Waals surface area (Å²) in [6.45, 7) is 5.25. The molecule has 1 spiro atoms. The number of anilines is 3. The summed E-state index contributed by atoms with van der Waals surface area (Å²) in [5, 5.41) is 21.8. The minimum absolute atomic E-state index is 0.0126. The normalized spacial score (nSPS) is 22.9. The number of hydrogen-bond donors (Lipinski definition) is 1. The average molecular weight is 643 g/mol. The number of carbonyl (C=O) groups is 1. The lowest BCUT2D eigenvalue weighted by Crippen LogP contribution is -2.74. The second kappa shape index (κ2) is 10.4. The Kier molecular flexibility index (Phi) is 6.62. The SMILES string of the molecule is CN(c1nc(-c2ccc(F)cc2)c(C#N)s1)c1c2c(nc3c(F)cc(N4CC5(CN(C(=O)C6(C)CCCO6)C5)C4)cc13)C(O)CC2. The van der Waals surface area contributed by atoms with Crippen molar-refractivity contribution in [3.05, 3.63) is 64.2 Å². The first-order chi connectivity index (χ1) is 22.1. The molecule has 0 radical (unpaired) electrons. The van der Waals surface area contributed by atoms with Gasteiger partial charge in [-0.05, 0) is 69.0 Å². The molecule has 2 aromatic heterocycles. The fourth-order valence-corrected chi connectivity index (χ4v) is 8.47. The molecule has 0 saturated carbocycles. The van der Waals surface area contributed by atoms with Crippen LogP contribution in [-0.4, -0.2) is 71.3 Å². The number of ether oxygens (including phenoxy) is 1. The van der Waals surface area contributed by atoms with Crippen LogP contribution in [0.5, 0.6) is 0 Å². The Bertz CT molecular complexity index is 1940. The maximum Gasteiger partial charge on any atom is 0.254 e. The number of aromatic nitrogens is 2. The van der Waals surface area contributed by atoms with E-state index in [2.05, 4.69) is 16.0 Å². The van der Waals surface area contributed by atoms with Crippen molar-refractivity contribution in [2.24, 2.45) is 5.41 Å². The maximum absolute atomic E-state index is 15.9. The summed E-state index contributed by atoms with van der Waals surface area (Å²) in [5.74, 6) is -0.801. The average Bonchev–Trinajstić information content (AvgIpc) is 3.74. The number of nitriles is 1. The van der Waals surface area contributed by atoms with Gasteiger partial charge in [-0.25, -0.2) is 18.7 Å². The molecular formula is C34H32F2N6O3S. The summed E-state index contributed by atoms with van der Waals surface area (Å²) in [4.78, 5) is 28.7. The zero-order valence-electron chi connectivity index (χ0n) is 25.5. The van der Waals surface area contributed by atoms with E-state index in [-0.39, 0.29) is 22.7 Å². The molecule has 5 heterocycles. The molecule has 2 aromatic carbocycles. The van der Waals surface area contributed by atoms with Crippen molar-refractivity contribution in [1.29, 1.82) is 5.26 Å². The number of pyridine rings is 1. The third-order valence-corrected chi connectivity index (χ3v) is 11.0. The molecule has 4 aromatic rings. The van der Waals surface area contributed by atoms with Gasteiger partial charge in [0.05, 0.1) is 17.5 Å². The number of rotatable bonds is 5. The van der Waals surface area contributed by atoms with Crippen LogP contribution in [0.15, 0.2) is 36.4 Å². The van der Waals surface area contributed by atoms with E-state index in [1.807, 2.05) is 29.8 Å². The van der Waals surface area contributed by atoms with Crippen LogP contribution < -0.4 is 9.80 Å². The Balaban J connectivity index is 1.12. The molecule has 1 N–H and O–H groups in total. The van der Waals surface area contributed by atoms with Crippen molar-refractivity contribution in [2.45, 2.75) is 44.3 Å². The van der Waals surface area contributed by atoms with Crippen LogP contribution in [0.2, 0.25) is 0 Å². The van der Waals surface area contributed by atoms with Crippen molar-refractivity contribution in [2.75, 3.05) is 49.6 Å². The highest BCUT2D eigenvalue weighted by atomic mass is 32.1. The Labute approximate surface area is 268 Å². The molecule has 1 aliphatic carbocycles. The zero-order chi connectivity index (χ0) is 32.0. The largest absolute Gasteiger partial charge is 0.387 e. The summed E-state index contributed by atoms with van der Waals surface area (Å²) in [5.41, 5.74) is 3.21. The maximum atomic E-state index is 15.9. The number of halogens is 2. The summed E-state index contributed by atoms with van der Waals surface area (Å²) in [7, 11) is 1.83. The van der Waals surface area contributed by atoms with E-state index >= 15 is 4.39 Å². The lowest BCUT2D eigenvalue weighted by atomic mass is 9.72. The molecule has 12 heteroatoms. The van der Waals surface area contributed by atoms with E-state index in [1.165, 1.54) is 29.5 Å². The number of hydrogen-bond acceptors (Lipinski definition) is 9. The van der Waals surface area contributed by atoms with Crippen molar-refractivity contribution in [3.63, 3.8) is 0 Å². The molecule has 46 heavy (non-hydrogen) atoms. The lowest BCUT2D eigenvalue weighted by Gasteiger charge is -2.61. The highest BCUT2D eigenvalue weighted by Crippen LogP contribution is 2.48. The van der Waals surface area contributed by atoms with Gasteiger partial charge >= 0.3 is 0 Å². The summed E-state index contributed by atoms with van der Waals surface area (Å²) in [6, 6.07) is 11.5. The molecule has 2 unspecified atom stereocenters. The van der Waals surface area contributed by atoms with Crippen LogP contribution in [0.25, 0.3) is 22.2 Å². The molecule has 3 fully saturated rings. The Morgan fingerprint density at radius 1 is 1.17 bits per heavy atom. The van der Waals surface area contributed by atoms with Crippen LogP contribution in [0, 0.1) is 28.4 Å². The third-order valence-electron chi connectivity index (χ3n) is 10.0. The highest BCUT2D eigenvalue weighted by Gasteiger charge is 2.56. The monoisotopic (exact) mass is 642 g/mol. The lowest BCUT2D eigenvalue weighted by molar-refractivity contribution is -0.165. The van der Waals surface area contributed by atoms with Gasteiger partial charge in [0.25, 0.3) is 5.91 Å². The first kappa shape index (κ1) is 29.2. The summed E-state index contributed by atoms with van der Waals surface area (Å²) >= 11 is 1.20. The number of fused-ring (bicyclic) bond motifs is 2. The second-order valence-electron chi connectivity index (χ2n) is 13.3. The zero-order valence-corrected chi connectivity index (χ0v) is 26.3. The van der Waals surface area contributed by atoms with Crippen molar-refractivity contribution in [3.8, 4) is 17.3 Å². The van der Waals surface area contributed by atoms with Crippen LogP contribution in [0.3, 0.4) is 0 Å². The van der Waals surface area contributed by atoms with Gasteiger partial charge in [-0.2, -0.15) is 5.26 Å². The quantitative estimate of drug-likeness (QED) is 0.306. The van der Waals surface area contributed by atoms with Gasteiger partial charge in [0.2, 0.25) is 0 Å². The van der Waals surface area contributed by atoms with E-state index in [0.29, 0.717) is 83.7 Å². The van der Waals surface area contributed by atoms with Crippen LogP contribution >= 0.6 is 11.3 Å². The third kappa shape index (κ3) is 4.47. The Morgan fingerprint density at radius 2 is 1.93 bits per heavy atom. The molecule has 9 nitrogen and oxygen atoms in total. The van der Waals surface area contributed by atoms with E-state index in [9.17, 15) is 19.6 Å². The van der Waals surface area contributed by atoms with Crippen LogP contribution in [0.4, 0.5) is 25.3 Å². The van der Waals surface area contributed by atoms with Gasteiger partial charge in [0.1, 0.15) is 33.6 Å². The Morgan fingerprint density at radius 3 is 2.63 bits per heavy atom. The van der Waals surface area contributed by atoms with E-state index in [0.717, 1.165) is 24.1 Å². The van der Waals surface area contributed by atoms with Gasteiger partial charge < -0.3 is 24.5 Å².